The van der Waals surface area contributed by atoms with Crippen molar-refractivity contribution in [3.05, 3.63) is 87.8 Å². The lowest BCUT2D eigenvalue weighted by Crippen LogP contribution is -2.33. The zero-order valence-corrected chi connectivity index (χ0v) is 15.1. The summed E-state index contributed by atoms with van der Waals surface area (Å²) >= 11 is 12.5. The fourth-order valence-electron chi connectivity index (χ4n) is 3.53. The largest absolute Gasteiger partial charge is 0.464 e. The predicted octanol–water partition coefficient (Wildman–Crippen LogP) is 5.83. The third-order valence-corrected chi connectivity index (χ3v) is 5.30. The first-order valence-corrected chi connectivity index (χ1v) is 9.06. The molecule has 26 heavy (non-hydrogen) atoms. The lowest BCUT2D eigenvalue weighted by Gasteiger charge is -2.38. The van der Waals surface area contributed by atoms with Crippen LogP contribution in [0.1, 0.15) is 35.6 Å². The van der Waals surface area contributed by atoms with Gasteiger partial charge in [0.15, 0.2) is 0 Å². The van der Waals surface area contributed by atoms with E-state index >= 15 is 0 Å². The van der Waals surface area contributed by atoms with E-state index in [1.54, 1.807) is 12.3 Å². The molecule has 2 aliphatic rings. The van der Waals surface area contributed by atoms with Crippen LogP contribution in [0, 0.1) is 0 Å². The van der Waals surface area contributed by atoms with Crippen LogP contribution in [0.2, 0.25) is 10.0 Å². The van der Waals surface area contributed by atoms with Crippen molar-refractivity contribution in [1.82, 2.24) is 5.01 Å². The topological polar surface area (TPSA) is 38.0 Å². The summed E-state index contributed by atoms with van der Waals surface area (Å²) in [6.07, 6.45) is 1.98. The molecule has 0 saturated carbocycles. The summed E-state index contributed by atoms with van der Waals surface area (Å²) in [5.41, 5.74) is 2.84. The zero-order valence-electron chi connectivity index (χ0n) is 13.6. The normalized spacial score (nSPS) is 21.0. The quantitative estimate of drug-likeness (QED) is 0.557. The Morgan fingerprint density at radius 2 is 1.88 bits per heavy atom. The van der Waals surface area contributed by atoms with Crippen molar-refractivity contribution < 1.29 is 9.15 Å². The van der Waals surface area contributed by atoms with Crippen LogP contribution < -0.4 is 4.74 Å². The van der Waals surface area contributed by atoms with Crippen LogP contribution in [0.3, 0.4) is 0 Å². The van der Waals surface area contributed by atoms with E-state index < -0.39 is 6.23 Å². The highest BCUT2D eigenvalue weighted by molar-refractivity contribution is 6.35. The van der Waals surface area contributed by atoms with Gasteiger partial charge in [-0.15, -0.1) is 0 Å². The second-order valence-electron chi connectivity index (χ2n) is 6.30. The maximum Gasteiger partial charge on any atom is 0.215 e. The molecular formula is C20H14Cl2N2O2. The van der Waals surface area contributed by atoms with Gasteiger partial charge in [0.05, 0.1) is 17.3 Å². The summed E-state index contributed by atoms with van der Waals surface area (Å²) in [7, 11) is 0. The van der Waals surface area contributed by atoms with Crippen LogP contribution in [0.5, 0.6) is 5.75 Å². The molecule has 0 amide bonds. The van der Waals surface area contributed by atoms with Gasteiger partial charge in [0.1, 0.15) is 17.2 Å². The van der Waals surface area contributed by atoms with Gasteiger partial charge in [0.2, 0.25) is 6.23 Å². The number of ether oxygens (including phenoxy) is 1. The standard InChI is InChI=1S/C20H14Cl2N2O2/c21-12-7-8-13(15(22)10-12)20-24-17(14-4-1-2-5-18(14)26-20)11-16(23-24)19-6-3-9-25-19/h1-10,17,20H,11H2/t17-,20+/m0/s1. The number of furan rings is 1. The monoisotopic (exact) mass is 384 g/mol. The van der Waals surface area contributed by atoms with E-state index in [0.717, 1.165) is 34.8 Å². The lowest BCUT2D eigenvalue weighted by molar-refractivity contribution is -0.0189. The maximum absolute atomic E-state index is 6.46. The SMILES string of the molecule is Clc1ccc([C@H]2Oc3ccccc3[C@@H]3CC(c4ccco4)=NN23)c(Cl)c1. The van der Waals surface area contributed by atoms with Crippen molar-refractivity contribution in [2.45, 2.75) is 18.7 Å². The molecule has 2 atom stereocenters. The van der Waals surface area contributed by atoms with E-state index in [1.165, 1.54) is 0 Å². The smallest absolute Gasteiger partial charge is 0.215 e. The third kappa shape index (κ3) is 2.49. The molecule has 1 aromatic heterocycles. The summed E-state index contributed by atoms with van der Waals surface area (Å²) in [4.78, 5) is 0. The van der Waals surface area contributed by atoms with Gasteiger partial charge in [-0.1, -0.05) is 47.5 Å². The first-order valence-electron chi connectivity index (χ1n) is 8.31. The summed E-state index contributed by atoms with van der Waals surface area (Å²) in [6.45, 7) is 0. The number of hydrogen-bond donors (Lipinski definition) is 0. The van der Waals surface area contributed by atoms with Gasteiger partial charge in [0, 0.05) is 22.6 Å². The van der Waals surface area contributed by atoms with E-state index in [0.29, 0.717) is 10.0 Å². The molecule has 0 radical (unpaired) electrons. The molecule has 0 fully saturated rings. The molecule has 0 saturated heterocycles. The van der Waals surface area contributed by atoms with Gasteiger partial charge < -0.3 is 9.15 Å². The second-order valence-corrected chi connectivity index (χ2v) is 7.14. The molecule has 130 valence electrons. The van der Waals surface area contributed by atoms with Crippen molar-refractivity contribution in [3.63, 3.8) is 0 Å². The summed E-state index contributed by atoms with van der Waals surface area (Å²) in [6, 6.07) is 17.3. The number of para-hydroxylation sites is 1. The Labute approximate surface area is 160 Å². The van der Waals surface area contributed by atoms with Crippen LogP contribution in [0.4, 0.5) is 0 Å². The number of rotatable bonds is 2. The lowest BCUT2D eigenvalue weighted by atomic mass is 9.97. The van der Waals surface area contributed by atoms with Crippen molar-refractivity contribution in [2.75, 3.05) is 0 Å². The van der Waals surface area contributed by atoms with Crippen molar-refractivity contribution in [3.8, 4) is 5.75 Å². The van der Waals surface area contributed by atoms with Crippen LogP contribution in [-0.2, 0) is 0 Å². The van der Waals surface area contributed by atoms with E-state index in [-0.39, 0.29) is 6.04 Å². The van der Waals surface area contributed by atoms with Gasteiger partial charge in [-0.05, 0) is 30.3 Å². The molecule has 0 aliphatic carbocycles. The van der Waals surface area contributed by atoms with Gasteiger partial charge in [-0.25, -0.2) is 5.01 Å². The molecule has 3 aromatic rings. The van der Waals surface area contributed by atoms with Crippen molar-refractivity contribution >= 4 is 28.9 Å². The average Bonchev–Trinajstić information content (AvgIpc) is 3.31. The minimum absolute atomic E-state index is 0.0665. The third-order valence-electron chi connectivity index (χ3n) is 4.73. The minimum Gasteiger partial charge on any atom is -0.464 e. The Kier molecular flexibility index (Phi) is 3.69. The Morgan fingerprint density at radius 3 is 2.69 bits per heavy atom. The molecule has 0 bridgehead atoms. The highest BCUT2D eigenvalue weighted by Gasteiger charge is 2.42. The molecule has 6 heteroatoms. The number of hydrogen-bond acceptors (Lipinski definition) is 4. The summed E-state index contributed by atoms with van der Waals surface area (Å²) in [5.74, 6) is 1.62. The van der Waals surface area contributed by atoms with Crippen molar-refractivity contribution in [2.24, 2.45) is 5.10 Å². The highest BCUT2D eigenvalue weighted by atomic mass is 35.5. The number of nitrogens with zero attached hydrogens (tertiary/aromatic N) is 2. The molecule has 2 aliphatic heterocycles. The number of halogens is 2. The molecule has 0 N–H and O–H groups in total. The molecule has 4 nitrogen and oxygen atoms in total. The van der Waals surface area contributed by atoms with Crippen molar-refractivity contribution in [1.29, 1.82) is 0 Å². The minimum atomic E-state index is -0.424. The van der Waals surface area contributed by atoms with E-state index in [9.17, 15) is 0 Å². The Bertz CT molecular complexity index is 1000. The number of fused-ring (bicyclic) bond motifs is 3. The van der Waals surface area contributed by atoms with E-state index in [2.05, 4.69) is 6.07 Å². The summed E-state index contributed by atoms with van der Waals surface area (Å²) < 4.78 is 11.8. The van der Waals surface area contributed by atoms with E-state index in [4.69, 9.17) is 37.5 Å². The maximum atomic E-state index is 6.46. The van der Waals surface area contributed by atoms with Crippen LogP contribution in [0.15, 0.2) is 70.4 Å². The Morgan fingerprint density at radius 1 is 1.00 bits per heavy atom. The Balaban J connectivity index is 1.63. The van der Waals surface area contributed by atoms with Gasteiger partial charge >= 0.3 is 0 Å². The fourth-order valence-corrected chi connectivity index (χ4v) is 4.03. The number of benzene rings is 2. The van der Waals surface area contributed by atoms with Crippen LogP contribution in [-0.4, -0.2) is 10.7 Å². The molecule has 0 spiro atoms. The molecule has 2 aromatic carbocycles. The first kappa shape index (κ1) is 15.8. The summed E-state index contributed by atoms with van der Waals surface area (Å²) in [5, 5.41) is 7.93. The number of hydrazone groups is 1. The fraction of sp³-hybridized carbons (Fsp3) is 0.150. The zero-order chi connectivity index (χ0) is 17.7. The average molecular weight is 385 g/mol. The molecular weight excluding hydrogens is 371 g/mol. The molecule has 0 unspecified atom stereocenters. The Hall–Kier alpha value is -2.43. The van der Waals surface area contributed by atoms with E-state index in [1.807, 2.05) is 47.5 Å². The predicted molar refractivity (Wildman–Crippen MR) is 101 cm³/mol. The highest BCUT2D eigenvalue weighted by Crippen LogP contribution is 2.48. The van der Waals surface area contributed by atoms with Crippen LogP contribution >= 0.6 is 23.2 Å². The second kappa shape index (κ2) is 6.08. The van der Waals surface area contributed by atoms with Gasteiger partial charge in [-0.2, -0.15) is 5.10 Å². The molecule has 5 rings (SSSR count). The first-order chi connectivity index (χ1) is 12.7. The molecule has 3 heterocycles. The van der Waals surface area contributed by atoms with Gasteiger partial charge in [0.25, 0.3) is 0 Å². The van der Waals surface area contributed by atoms with Gasteiger partial charge in [-0.3, -0.25) is 0 Å². The van der Waals surface area contributed by atoms with Crippen LogP contribution in [0.25, 0.3) is 0 Å².